The molecule has 124 heavy (non-hydrogen) atoms. The van der Waals surface area contributed by atoms with Gasteiger partial charge in [0, 0.05) is 243 Å². The molecule has 4 fully saturated rings. The van der Waals surface area contributed by atoms with Gasteiger partial charge in [-0.15, -0.1) is 0 Å². The molecule has 9 heterocycles. The van der Waals surface area contributed by atoms with Gasteiger partial charge in [-0.2, -0.15) is 0 Å². The lowest BCUT2D eigenvalue weighted by Gasteiger charge is -2.32. The van der Waals surface area contributed by atoms with Crippen LogP contribution in [0.2, 0.25) is 0 Å². The Hall–Kier alpha value is -11.7. The minimum atomic E-state index is 0.899. The van der Waals surface area contributed by atoms with E-state index in [1.807, 2.05) is 37.9 Å². The van der Waals surface area contributed by atoms with Crippen LogP contribution in [0.5, 0.6) is 0 Å². The normalized spacial score (nSPS) is 16.9. The summed E-state index contributed by atoms with van der Waals surface area (Å²) in [6, 6.07) is 80.4. The number of benzene rings is 8. The van der Waals surface area contributed by atoms with Crippen molar-refractivity contribution in [1.82, 2.24) is 64.1 Å². The van der Waals surface area contributed by atoms with Crippen molar-refractivity contribution in [3.8, 4) is 44.5 Å². The molecule has 626 valence electrons. The van der Waals surface area contributed by atoms with Gasteiger partial charge >= 0.3 is 0 Å². The van der Waals surface area contributed by atoms with Gasteiger partial charge in [0.15, 0.2) is 0 Å². The first-order valence-electron chi connectivity index (χ1n) is 44.9. The van der Waals surface area contributed by atoms with Crippen LogP contribution in [0, 0.1) is 13.8 Å². The Morgan fingerprint density at radius 3 is 0.960 bits per heavy atom. The van der Waals surface area contributed by atoms with Gasteiger partial charge in [0.1, 0.15) is 0 Å². The van der Waals surface area contributed by atoms with E-state index in [-0.39, 0.29) is 0 Å². The van der Waals surface area contributed by atoms with Gasteiger partial charge in [-0.25, -0.2) is 0 Å². The summed E-state index contributed by atoms with van der Waals surface area (Å²) in [5.74, 6) is 0. The van der Waals surface area contributed by atoms with Crippen molar-refractivity contribution in [3.63, 3.8) is 0 Å². The Morgan fingerprint density at radius 1 is 0.298 bits per heavy atom. The number of aryl methyl sites for hydroxylation is 2. The highest BCUT2D eigenvalue weighted by Gasteiger charge is 2.26. The number of fused-ring (bicyclic) bond motifs is 5. The van der Waals surface area contributed by atoms with E-state index in [0.717, 1.165) is 162 Å². The van der Waals surface area contributed by atoms with Crippen molar-refractivity contribution in [2.75, 3.05) is 133 Å². The zero-order chi connectivity index (χ0) is 84.6. The van der Waals surface area contributed by atoms with E-state index in [4.69, 9.17) is 19.9 Å². The Balaban J connectivity index is 0.000000113. The van der Waals surface area contributed by atoms with Crippen LogP contribution in [0.1, 0.15) is 113 Å². The fraction of sp³-hybridized carbons (Fsp3) is 0.279. The van der Waals surface area contributed by atoms with Gasteiger partial charge in [-0.05, 0) is 180 Å². The standard InChI is InChI=1S/C29H31N3.C28H28N4.2C27H29N3/c1-21(2)23-8-10-25(11-9-23)27-12-13-29-28(27)18-26(19-30-29)24-6-4-22(5-7-24)20-32-16-14-31(3)15-17-32;1-31-13-15-32(16-14-31)19-20-5-7-21(8-6-20)22-17-26-24(9-10-28(26)30-18-22)23-3-2-4-27-25(23)11-12-29-27;1-20-3-7-23(8-4-20)25-11-12-27-26(25)17-24(18-28-27)22-9-5-21(6-10-22)19-30-15-13-29(2)14-16-30;1-20-4-3-5-23(16-20)25-10-11-27-26(25)17-24(18-28-27)22-8-6-21(7-9-22)19-30-14-12-29(2)13-15-30/h4-12,18-19H,1,13-17,20H2,2-3H3;2-9,11-12,17-18,29H,10,13-16,19H2,1H3;3-11,17-18H,12-16,19H2,1-2H3;3-10,16-18H,11-15,19H2,1-2H3. The summed E-state index contributed by atoms with van der Waals surface area (Å²) in [6.07, 6.45) is 23.0. The van der Waals surface area contributed by atoms with Crippen LogP contribution in [-0.4, -0.2) is 197 Å². The Kier molecular flexibility index (Phi) is 25.6. The first kappa shape index (κ1) is 83.2. The lowest BCUT2D eigenvalue weighted by Crippen LogP contribution is -2.43. The molecular weight excluding hydrogens is 1520 g/mol. The molecule has 0 spiro atoms. The molecular formula is C111H117N13. The van der Waals surface area contributed by atoms with E-state index in [0.29, 0.717) is 0 Å². The predicted octanol–water partition coefficient (Wildman–Crippen LogP) is 20.1. The van der Waals surface area contributed by atoms with Crippen molar-refractivity contribution < 1.29 is 0 Å². The second-order valence-electron chi connectivity index (χ2n) is 35.6. The molecule has 5 aromatic heterocycles. The molecule has 0 saturated carbocycles. The highest BCUT2D eigenvalue weighted by atomic mass is 15.3. The maximum atomic E-state index is 4.83. The van der Waals surface area contributed by atoms with E-state index >= 15 is 0 Å². The molecule has 4 aliphatic heterocycles. The summed E-state index contributed by atoms with van der Waals surface area (Å²) < 4.78 is 0. The van der Waals surface area contributed by atoms with E-state index in [9.17, 15) is 0 Å². The van der Waals surface area contributed by atoms with Crippen molar-refractivity contribution in [2.45, 2.75) is 72.6 Å². The van der Waals surface area contributed by atoms with Crippen molar-refractivity contribution in [2.24, 2.45) is 0 Å². The highest BCUT2D eigenvalue weighted by Crippen LogP contribution is 2.41. The third-order valence-corrected chi connectivity index (χ3v) is 26.5. The van der Waals surface area contributed by atoms with Crippen molar-refractivity contribution in [1.29, 1.82) is 0 Å². The first-order chi connectivity index (χ1) is 60.6. The topological polar surface area (TPSA) is 93.3 Å². The molecule has 13 aromatic rings. The summed E-state index contributed by atoms with van der Waals surface area (Å²) >= 11 is 0. The molecule has 0 amide bonds. The molecule has 0 bridgehead atoms. The Labute approximate surface area is 734 Å². The number of hydrogen-bond acceptors (Lipinski definition) is 12. The van der Waals surface area contributed by atoms with Crippen LogP contribution < -0.4 is 0 Å². The van der Waals surface area contributed by atoms with E-state index in [2.05, 4.69) is 335 Å². The summed E-state index contributed by atoms with van der Waals surface area (Å²) in [5.41, 5.74) is 41.3. The van der Waals surface area contributed by atoms with E-state index in [1.165, 1.54) is 184 Å². The number of piperazine rings is 4. The van der Waals surface area contributed by atoms with Gasteiger partial charge in [0.05, 0.1) is 22.8 Å². The average Bonchev–Trinajstić information content (AvgIpc) is 1.65. The SMILES string of the molecule is C=C(C)c1ccc(C2=CCc3ncc(-c4ccc(CN5CCN(C)CC5)cc4)cc32)cc1.CN1CCN(Cc2ccc(-c3cnc4c(c3)C(c3cccc5[nH]ccc35)=CC4)cc2)CC1.Cc1ccc(C2=CCc3ncc(-c4ccc(CN5CCN(C)CC5)cc4)cc32)cc1.Cc1cccc(C2=CCc3ncc(-c4ccc(CN5CCN(C)CC5)cc4)cc32)c1. The van der Waals surface area contributed by atoms with Crippen LogP contribution >= 0.6 is 0 Å². The number of nitrogens with one attached hydrogen (secondary N) is 1. The number of allylic oxidation sites excluding steroid dienone is 5. The van der Waals surface area contributed by atoms with Gasteiger partial charge in [0.2, 0.25) is 0 Å². The number of rotatable bonds is 17. The Bertz CT molecular complexity index is 6060. The molecule has 0 atom stereocenters. The minimum Gasteiger partial charge on any atom is -0.361 e. The van der Waals surface area contributed by atoms with Crippen LogP contribution in [0.3, 0.4) is 0 Å². The summed E-state index contributed by atoms with van der Waals surface area (Å²) in [6.45, 7) is 33.0. The third kappa shape index (κ3) is 19.7. The molecule has 13 heteroatoms. The molecule has 0 unspecified atom stereocenters. The molecule has 4 saturated heterocycles. The maximum absolute atomic E-state index is 4.83. The molecule has 0 radical (unpaired) electrons. The van der Waals surface area contributed by atoms with Gasteiger partial charge in [-0.3, -0.25) is 39.5 Å². The largest absolute Gasteiger partial charge is 0.361 e. The van der Waals surface area contributed by atoms with Gasteiger partial charge in [0.25, 0.3) is 0 Å². The molecule has 8 aliphatic rings. The molecule has 8 aromatic carbocycles. The zero-order valence-corrected chi connectivity index (χ0v) is 73.5. The van der Waals surface area contributed by atoms with Crippen LogP contribution in [-0.2, 0) is 51.9 Å². The lowest BCUT2D eigenvalue weighted by atomic mass is 9.95. The summed E-state index contributed by atoms with van der Waals surface area (Å²) in [4.78, 5) is 42.3. The van der Waals surface area contributed by atoms with E-state index in [1.54, 1.807) is 0 Å². The average molecular weight is 1630 g/mol. The number of hydrogen-bond donors (Lipinski definition) is 1. The minimum absolute atomic E-state index is 0.899. The number of nitrogens with zero attached hydrogens (tertiary/aromatic N) is 12. The van der Waals surface area contributed by atoms with Crippen molar-refractivity contribution in [3.05, 3.63) is 386 Å². The monoisotopic (exact) mass is 1630 g/mol. The number of aromatic nitrogens is 5. The number of H-pyrrole nitrogens is 1. The predicted molar refractivity (Wildman–Crippen MR) is 515 cm³/mol. The number of likely N-dealkylation sites (N-methyl/N-ethyl adjacent to an activating group) is 4. The second kappa shape index (κ2) is 38.2. The van der Waals surface area contributed by atoms with E-state index < -0.39 is 0 Å². The number of aromatic amines is 1. The maximum Gasteiger partial charge on any atom is 0.0520 e. The lowest BCUT2D eigenvalue weighted by molar-refractivity contribution is 0.148. The molecule has 13 nitrogen and oxygen atoms in total. The molecule has 1 N–H and O–H groups in total. The molecule has 21 rings (SSSR count). The van der Waals surface area contributed by atoms with Crippen LogP contribution in [0.4, 0.5) is 0 Å². The third-order valence-electron chi connectivity index (χ3n) is 26.5. The quantitative estimate of drug-likeness (QED) is 0.0941. The fourth-order valence-electron chi connectivity index (χ4n) is 18.6. The summed E-state index contributed by atoms with van der Waals surface area (Å²) in [7, 11) is 8.82. The summed E-state index contributed by atoms with van der Waals surface area (Å²) in [5, 5.41) is 1.27. The first-order valence-corrected chi connectivity index (χ1v) is 44.9. The van der Waals surface area contributed by atoms with Gasteiger partial charge < -0.3 is 24.6 Å². The van der Waals surface area contributed by atoms with Crippen molar-refractivity contribution >= 4 is 38.8 Å². The zero-order valence-electron chi connectivity index (χ0n) is 73.5. The second-order valence-corrected chi connectivity index (χ2v) is 35.6. The molecule has 4 aliphatic carbocycles. The van der Waals surface area contributed by atoms with Crippen LogP contribution in [0.25, 0.3) is 83.3 Å². The van der Waals surface area contributed by atoms with Crippen LogP contribution in [0.15, 0.2) is 280 Å². The Morgan fingerprint density at radius 2 is 0.613 bits per heavy atom. The highest BCUT2D eigenvalue weighted by molar-refractivity contribution is 5.99. The fourth-order valence-corrected chi connectivity index (χ4v) is 18.6. The number of pyridine rings is 4. The van der Waals surface area contributed by atoms with Gasteiger partial charge in [-0.1, -0.05) is 230 Å². The smallest absolute Gasteiger partial charge is 0.0520 e.